The van der Waals surface area contributed by atoms with Crippen LogP contribution in [0.5, 0.6) is 0 Å². The fraction of sp³-hybridized carbons (Fsp3) is 0.375. The summed E-state index contributed by atoms with van der Waals surface area (Å²) in [6, 6.07) is 0. The van der Waals surface area contributed by atoms with Crippen molar-refractivity contribution >= 4 is 22.2 Å². The topological polar surface area (TPSA) is 37.3 Å². The molecule has 0 bridgehead atoms. The van der Waals surface area contributed by atoms with Crippen molar-refractivity contribution in [3.05, 3.63) is 21.9 Å². The van der Waals surface area contributed by atoms with E-state index >= 15 is 0 Å². The molecule has 0 saturated carbocycles. The molecule has 0 aliphatic heterocycles. The monoisotopic (exact) mass is 216 g/mol. The maximum Gasteiger partial charge on any atom is 0.153 e. The maximum absolute atomic E-state index is 10.4. The Morgan fingerprint density at radius 2 is 2.45 bits per heavy atom. The normalized spacial score (nSPS) is 24.9. The van der Waals surface area contributed by atoms with Gasteiger partial charge in [-0.05, 0) is 17.0 Å². The van der Waals surface area contributed by atoms with E-state index in [0.717, 1.165) is 10.9 Å². The van der Waals surface area contributed by atoms with Crippen LogP contribution in [-0.4, -0.2) is 11.4 Å². The molecule has 1 unspecified atom stereocenters. The highest BCUT2D eigenvalue weighted by Gasteiger charge is 2.17. The molecular formula is C8H9BrO2. The number of carbonyl (C=O) groups excluding carboxylic acids is 1. The van der Waals surface area contributed by atoms with E-state index in [4.69, 9.17) is 0 Å². The predicted molar refractivity (Wildman–Crippen MR) is 46.5 cm³/mol. The van der Waals surface area contributed by atoms with Gasteiger partial charge >= 0.3 is 0 Å². The van der Waals surface area contributed by atoms with Crippen LogP contribution < -0.4 is 0 Å². The summed E-state index contributed by atoms with van der Waals surface area (Å²) in [4.78, 5) is 10.4. The Hall–Kier alpha value is -0.570. The molecule has 1 aliphatic rings. The third-order valence-corrected chi connectivity index (χ3v) is 2.26. The van der Waals surface area contributed by atoms with Crippen molar-refractivity contribution < 1.29 is 9.90 Å². The van der Waals surface area contributed by atoms with Gasteiger partial charge in [-0.3, -0.25) is 4.79 Å². The van der Waals surface area contributed by atoms with Crippen molar-refractivity contribution in [1.82, 2.24) is 0 Å². The van der Waals surface area contributed by atoms with Gasteiger partial charge < -0.3 is 5.11 Å². The molecule has 0 amide bonds. The lowest BCUT2D eigenvalue weighted by Crippen LogP contribution is -2.07. The molecule has 1 aliphatic carbocycles. The van der Waals surface area contributed by atoms with Gasteiger partial charge in [0.2, 0.25) is 0 Å². The van der Waals surface area contributed by atoms with E-state index < -0.39 is 0 Å². The summed E-state index contributed by atoms with van der Waals surface area (Å²) < 4.78 is 0.963. The van der Waals surface area contributed by atoms with Crippen LogP contribution in [0.25, 0.3) is 0 Å². The Labute approximate surface area is 73.7 Å². The maximum atomic E-state index is 10.4. The lowest BCUT2D eigenvalue weighted by Gasteiger charge is -2.16. The van der Waals surface area contributed by atoms with Crippen molar-refractivity contribution in [3.8, 4) is 0 Å². The number of hydrogen-bond acceptors (Lipinski definition) is 2. The third kappa shape index (κ3) is 1.71. The van der Waals surface area contributed by atoms with E-state index in [1.54, 1.807) is 6.08 Å². The molecule has 1 rings (SSSR count). The minimum absolute atomic E-state index is 0.0505. The van der Waals surface area contributed by atoms with E-state index in [9.17, 15) is 9.90 Å². The summed E-state index contributed by atoms with van der Waals surface area (Å²) in [5.74, 6) is 0.248. The summed E-state index contributed by atoms with van der Waals surface area (Å²) in [5, 5.41) is 9.34. The highest BCUT2D eigenvalue weighted by molar-refractivity contribution is 9.11. The molecule has 0 fully saturated rings. The minimum Gasteiger partial charge on any atom is -0.511 e. The number of halogens is 1. The van der Waals surface area contributed by atoms with Gasteiger partial charge in [-0.2, -0.15) is 0 Å². The Balaban J connectivity index is 3.01. The van der Waals surface area contributed by atoms with Gasteiger partial charge in [0.25, 0.3) is 0 Å². The fourth-order valence-corrected chi connectivity index (χ4v) is 1.80. The molecule has 2 nitrogen and oxygen atoms in total. The first-order valence-electron chi connectivity index (χ1n) is 3.39. The molecule has 1 N–H and O–H groups in total. The van der Waals surface area contributed by atoms with Crippen molar-refractivity contribution in [2.75, 3.05) is 0 Å². The van der Waals surface area contributed by atoms with Gasteiger partial charge in [-0.1, -0.05) is 22.9 Å². The van der Waals surface area contributed by atoms with Gasteiger partial charge in [-0.25, -0.2) is 0 Å². The molecule has 1 atom stereocenters. The predicted octanol–water partition coefficient (Wildman–Crippen LogP) is 2.32. The average Bonchev–Trinajstić information content (AvgIpc) is 1.96. The number of carbonyl (C=O) groups is 1. The number of rotatable bonds is 1. The first kappa shape index (κ1) is 8.53. The van der Waals surface area contributed by atoms with Gasteiger partial charge in [0, 0.05) is 5.92 Å². The second-order valence-electron chi connectivity index (χ2n) is 2.65. The van der Waals surface area contributed by atoms with Crippen LogP contribution in [0.1, 0.15) is 13.3 Å². The van der Waals surface area contributed by atoms with Crippen molar-refractivity contribution in [3.63, 3.8) is 0 Å². The lowest BCUT2D eigenvalue weighted by atomic mass is 9.96. The van der Waals surface area contributed by atoms with E-state index in [2.05, 4.69) is 15.9 Å². The number of aldehydes is 1. The third-order valence-electron chi connectivity index (χ3n) is 1.70. The van der Waals surface area contributed by atoms with E-state index in [1.165, 1.54) is 0 Å². The first-order chi connectivity index (χ1) is 5.15. The smallest absolute Gasteiger partial charge is 0.153 e. The zero-order chi connectivity index (χ0) is 8.43. The molecule has 60 valence electrons. The van der Waals surface area contributed by atoms with Crippen LogP contribution in [0.15, 0.2) is 21.9 Å². The summed E-state index contributed by atoms with van der Waals surface area (Å²) in [7, 11) is 0. The number of allylic oxidation sites excluding steroid dienone is 4. The summed E-state index contributed by atoms with van der Waals surface area (Å²) in [6.07, 6.45) is 3.10. The molecule has 0 aromatic heterocycles. The Kier molecular flexibility index (Phi) is 2.49. The van der Waals surface area contributed by atoms with Crippen LogP contribution in [0, 0.1) is 5.92 Å². The average molecular weight is 217 g/mol. The first-order valence-corrected chi connectivity index (χ1v) is 4.19. The van der Waals surface area contributed by atoms with Crippen molar-refractivity contribution in [2.24, 2.45) is 5.92 Å². The number of aliphatic hydroxyl groups excluding tert-OH is 1. The molecule has 0 radical (unpaired) electrons. The molecule has 0 saturated heterocycles. The SMILES string of the molecule is CC1CC(Br)=CC(C=O)=C1O. The van der Waals surface area contributed by atoms with E-state index in [1.807, 2.05) is 6.92 Å². The van der Waals surface area contributed by atoms with Crippen LogP contribution in [0.2, 0.25) is 0 Å². The fourth-order valence-electron chi connectivity index (χ4n) is 1.07. The highest BCUT2D eigenvalue weighted by Crippen LogP contribution is 2.29. The van der Waals surface area contributed by atoms with Crippen LogP contribution in [0.4, 0.5) is 0 Å². The molecule has 0 spiro atoms. The zero-order valence-corrected chi connectivity index (χ0v) is 7.76. The van der Waals surface area contributed by atoms with Crippen LogP contribution >= 0.6 is 15.9 Å². The summed E-state index contributed by atoms with van der Waals surface area (Å²) >= 11 is 3.29. The summed E-state index contributed by atoms with van der Waals surface area (Å²) in [5.41, 5.74) is 0.385. The molecule has 0 heterocycles. The zero-order valence-electron chi connectivity index (χ0n) is 6.17. The van der Waals surface area contributed by atoms with Crippen LogP contribution in [-0.2, 0) is 4.79 Å². The highest BCUT2D eigenvalue weighted by atomic mass is 79.9. The van der Waals surface area contributed by atoms with Gasteiger partial charge in [0.15, 0.2) is 6.29 Å². The van der Waals surface area contributed by atoms with Crippen LogP contribution in [0.3, 0.4) is 0 Å². The van der Waals surface area contributed by atoms with Crippen molar-refractivity contribution in [2.45, 2.75) is 13.3 Å². The standard InChI is InChI=1S/C8H9BrO2/c1-5-2-7(9)3-6(4-10)8(5)11/h3-5,11H,2H2,1H3. The van der Waals surface area contributed by atoms with Crippen molar-refractivity contribution in [1.29, 1.82) is 0 Å². The quantitative estimate of drug-likeness (QED) is 0.684. The molecular weight excluding hydrogens is 208 g/mol. The summed E-state index contributed by atoms with van der Waals surface area (Å²) in [6.45, 7) is 1.88. The van der Waals surface area contributed by atoms with Gasteiger partial charge in [-0.15, -0.1) is 0 Å². The Morgan fingerprint density at radius 1 is 1.82 bits per heavy atom. The number of aliphatic hydroxyl groups is 1. The second-order valence-corrected chi connectivity index (χ2v) is 3.67. The minimum atomic E-state index is 0.0505. The second kappa shape index (κ2) is 3.22. The Morgan fingerprint density at radius 3 is 3.00 bits per heavy atom. The van der Waals surface area contributed by atoms with E-state index in [0.29, 0.717) is 11.9 Å². The lowest BCUT2D eigenvalue weighted by molar-refractivity contribution is -0.104. The van der Waals surface area contributed by atoms with Gasteiger partial charge in [0.05, 0.1) is 5.57 Å². The Bertz CT molecular complexity index is 240. The van der Waals surface area contributed by atoms with E-state index in [-0.39, 0.29) is 11.7 Å². The molecule has 0 aromatic rings. The molecule has 0 aromatic carbocycles. The van der Waals surface area contributed by atoms with Gasteiger partial charge in [0.1, 0.15) is 5.76 Å². The molecule has 3 heteroatoms. The molecule has 11 heavy (non-hydrogen) atoms. The number of hydrogen-bond donors (Lipinski definition) is 1. The largest absolute Gasteiger partial charge is 0.511 e.